The van der Waals surface area contributed by atoms with Crippen molar-refractivity contribution in [1.29, 1.82) is 0 Å². The lowest BCUT2D eigenvalue weighted by atomic mass is 9.75. The number of phenolic OH excluding ortho intramolecular Hbond substituents is 1. The minimum Gasteiger partial charge on any atom is -0.507 e. The fraction of sp³-hybridized carbons (Fsp3) is 0.700. The quantitative estimate of drug-likeness (QED) is 0.244. The van der Waals surface area contributed by atoms with Gasteiger partial charge in [-0.1, -0.05) is 40.0 Å². The molecule has 2 unspecified atom stereocenters. The van der Waals surface area contributed by atoms with Crippen LogP contribution in [0.15, 0.2) is 6.07 Å². The second-order valence-corrected chi connectivity index (χ2v) is 11.4. The first-order valence-corrected chi connectivity index (χ1v) is 14.1. The van der Waals surface area contributed by atoms with Crippen molar-refractivity contribution in [3.05, 3.63) is 22.8 Å². The van der Waals surface area contributed by atoms with Crippen molar-refractivity contribution in [1.82, 2.24) is 0 Å². The van der Waals surface area contributed by atoms with Gasteiger partial charge in [-0.2, -0.15) is 0 Å². The third-order valence-corrected chi connectivity index (χ3v) is 9.12. The number of aromatic hydroxyl groups is 1. The van der Waals surface area contributed by atoms with Crippen LogP contribution in [0.3, 0.4) is 0 Å². The zero-order valence-corrected chi connectivity index (χ0v) is 24.0. The number of hydrogen-bond acceptors (Lipinski definition) is 9. The topological polar surface area (TPSA) is 118 Å². The maximum atomic E-state index is 13.3. The number of ether oxygens (including phenoxy) is 5. The standard InChI is InChI=1S/C30H42O9/c1-7-9-10-11-20-12-18-13-21(31)25(27(33)35-5)26-24(18)22(38-20)15-30(39-26)17(3)19(16-37-30)14-23(32)29(4,8-2)28(34)36-6/h13,17,19-20,22,31H,7-12,14-16H2,1-6H3/t17?,19?,20-,22+,29+,30+/m1/s1. The van der Waals surface area contributed by atoms with Crippen LogP contribution in [0.1, 0.15) is 100 Å². The minimum absolute atomic E-state index is 0.0279. The van der Waals surface area contributed by atoms with Gasteiger partial charge >= 0.3 is 11.9 Å². The van der Waals surface area contributed by atoms with Crippen LogP contribution in [0.5, 0.6) is 11.5 Å². The van der Waals surface area contributed by atoms with Gasteiger partial charge in [0.1, 0.15) is 28.3 Å². The summed E-state index contributed by atoms with van der Waals surface area (Å²) in [5.41, 5.74) is 0.372. The molecule has 0 aromatic heterocycles. The molecule has 3 heterocycles. The molecule has 3 aliphatic rings. The van der Waals surface area contributed by atoms with E-state index in [1.54, 1.807) is 19.9 Å². The number of esters is 2. The van der Waals surface area contributed by atoms with E-state index in [-0.39, 0.29) is 53.8 Å². The Morgan fingerprint density at radius 1 is 1.18 bits per heavy atom. The van der Waals surface area contributed by atoms with Crippen molar-refractivity contribution in [2.24, 2.45) is 17.3 Å². The Morgan fingerprint density at radius 2 is 1.92 bits per heavy atom. The fourth-order valence-electron chi connectivity index (χ4n) is 6.28. The summed E-state index contributed by atoms with van der Waals surface area (Å²) in [6, 6.07) is 1.63. The van der Waals surface area contributed by atoms with Gasteiger partial charge < -0.3 is 28.8 Å². The molecule has 9 heteroatoms. The highest BCUT2D eigenvalue weighted by Crippen LogP contribution is 2.56. The molecule has 1 aromatic rings. The highest BCUT2D eigenvalue weighted by atomic mass is 16.7. The Bertz CT molecular complexity index is 1110. The van der Waals surface area contributed by atoms with Gasteiger partial charge in [0.25, 0.3) is 0 Å². The number of unbranched alkanes of at least 4 members (excludes halogenated alkanes) is 2. The van der Waals surface area contributed by atoms with Crippen LogP contribution in [0.2, 0.25) is 0 Å². The van der Waals surface area contributed by atoms with Crippen LogP contribution in [0.4, 0.5) is 0 Å². The van der Waals surface area contributed by atoms with Crippen LogP contribution in [0, 0.1) is 17.3 Å². The summed E-state index contributed by atoms with van der Waals surface area (Å²) in [6.45, 7) is 7.77. The van der Waals surface area contributed by atoms with Gasteiger partial charge in [0, 0.05) is 24.3 Å². The summed E-state index contributed by atoms with van der Waals surface area (Å²) in [4.78, 5) is 38.5. The molecule has 0 aliphatic carbocycles. The van der Waals surface area contributed by atoms with Crippen molar-refractivity contribution in [3.63, 3.8) is 0 Å². The second-order valence-electron chi connectivity index (χ2n) is 11.4. The van der Waals surface area contributed by atoms with Gasteiger partial charge in [0.15, 0.2) is 0 Å². The summed E-state index contributed by atoms with van der Waals surface area (Å²) in [7, 11) is 2.54. The van der Waals surface area contributed by atoms with Gasteiger partial charge in [0.2, 0.25) is 5.79 Å². The Balaban J connectivity index is 1.67. The minimum atomic E-state index is -1.23. The van der Waals surface area contributed by atoms with Crippen LogP contribution in [-0.4, -0.2) is 55.5 Å². The fourth-order valence-corrected chi connectivity index (χ4v) is 6.28. The van der Waals surface area contributed by atoms with E-state index in [2.05, 4.69) is 6.92 Å². The van der Waals surface area contributed by atoms with Crippen LogP contribution >= 0.6 is 0 Å². The molecule has 0 radical (unpaired) electrons. The van der Waals surface area contributed by atoms with Gasteiger partial charge in [-0.3, -0.25) is 9.59 Å². The van der Waals surface area contributed by atoms with E-state index in [0.29, 0.717) is 19.3 Å². The molecule has 1 N–H and O–H groups in total. The van der Waals surface area contributed by atoms with E-state index in [4.69, 9.17) is 23.7 Å². The number of rotatable bonds is 10. The molecule has 1 aromatic carbocycles. The Labute approximate surface area is 230 Å². The molecule has 1 fully saturated rings. The first kappa shape index (κ1) is 29.3. The number of benzene rings is 1. The largest absolute Gasteiger partial charge is 0.507 e. The highest BCUT2D eigenvalue weighted by Gasteiger charge is 2.57. The highest BCUT2D eigenvalue weighted by molar-refractivity contribution is 6.03. The molecule has 0 bridgehead atoms. The van der Waals surface area contributed by atoms with E-state index in [1.807, 2.05) is 6.92 Å². The van der Waals surface area contributed by atoms with Crippen LogP contribution < -0.4 is 4.74 Å². The second kappa shape index (κ2) is 11.5. The van der Waals surface area contributed by atoms with E-state index < -0.39 is 29.2 Å². The summed E-state index contributed by atoms with van der Waals surface area (Å²) in [6.07, 6.45) is 5.17. The van der Waals surface area contributed by atoms with Crippen LogP contribution in [-0.2, 0) is 35.0 Å². The zero-order chi connectivity index (χ0) is 28.5. The third-order valence-electron chi connectivity index (χ3n) is 9.12. The molecular formula is C30H42O9. The molecule has 9 nitrogen and oxygen atoms in total. The van der Waals surface area contributed by atoms with Crippen molar-refractivity contribution >= 4 is 17.7 Å². The summed E-state index contributed by atoms with van der Waals surface area (Å²) in [5.74, 6) is -3.09. The number of ketones is 1. The summed E-state index contributed by atoms with van der Waals surface area (Å²) < 4.78 is 29.4. The maximum Gasteiger partial charge on any atom is 0.345 e. The molecule has 216 valence electrons. The molecule has 39 heavy (non-hydrogen) atoms. The maximum absolute atomic E-state index is 13.3. The van der Waals surface area contributed by atoms with E-state index in [1.165, 1.54) is 14.2 Å². The van der Waals surface area contributed by atoms with Crippen molar-refractivity contribution < 1.29 is 43.2 Å². The summed E-state index contributed by atoms with van der Waals surface area (Å²) >= 11 is 0. The molecule has 1 spiro atoms. The van der Waals surface area contributed by atoms with E-state index in [0.717, 1.165) is 36.8 Å². The molecule has 4 rings (SSSR count). The molecule has 0 saturated carbocycles. The zero-order valence-electron chi connectivity index (χ0n) is 24.0. The average Bonchev–Trinajstić information content (AvgIpc) is 3.20. The Kier molecular flexibility index (Phi) is 8.61. The number of hydrogen-bond donors (Lipinski definition) is 1. The SMILES string of the molecule is CCCCC[C@@H]1Cc2cc(O)c(C(=O)OC)c3c2[C@H](C[C@]2(OCC(CC(=O)[C@](C)(CC)C(=O)OC)C2C)O3)O1. The van der Waals surface area contributed by atoms with Crippen molar-refractivity contribution in [2.75, 3.05) is 20.8 Å². The summed E-state index contributed by atoms with van der Waals surface area (Å²) in [5, 5.41) is 10.9. The first-order chi connectivity index (χ1) is 18.5. The monoisotopic (exact) mass is 546 g/mol. The molecule has 1 saturated heterocycles. The predicted octanol–water partition coefficient (Wildman–Crippen LogP) is 5.05. The first-order valence-electron chi connectivity index (χ1n) is 14.1. The smallest absolute Gasteiger partial charge is 0.345 e. The average molecular weight is 547 g/mol. The van der Waals surface area contributed by atoms with Crippen LogP contribution in [0.25, 0.3) is 0 Å². The lowest BCUT2D eigenvalue weighted by Gasteiger charge is -2.46. The van der Waals surface area contributed by atoms with Crippen molar-refractivity contribution in [3.8, 4) is 11.5 Å². The van der Waals surface area contributed by atoms with E-state index in [9.17, 15) is 19.5 Å². The number of methoxy groups -OCH3 is 2. The van der Waals surface area contributed by atoms with E-state index >= 15 is 0 Å². The van der Waals surface area contributed by atoms with Crippen molar-refractivity contribution in [2.45, 2.75) is 97.1 Å². The Hall–Kier alpha value is -2.65. The lowest BCUT2D eigenvalue weighted by molar-refractivity contribution is -0.214. The van der Waals surface area contributed by atoms with Gasteiger partial charge in [-0.15, -0.1) is 0 Å². The lowest BCUT2D eigenvalue weighted by Crippen LogP contribution is -2.48. The number of carbonyl (C=O) groups excluding carboxylic acids is 3. The number of Topliss-reactive ketones (excluding diaryl/α,β-unsaturated/α-hetero) is 1. The number of carbonyl (C=O) groups is 3. The Morgan fingerprint density at radius 3 is 2.56 bits per heavy atom. The van der Waals surface area contributed by atoms with Gasteiger partial charge in [-0.05, 0) is 43.7 Å². The normalized spacial score (nSPS) is 28.8. The third kappa shape index (κ3) is 5.15. The molecule has 6 atom stereocenters. The number of phenols is 1. The van der Waals surface area contributed by atoms with Gasteiger partial charge in [-0.25, -0.2) is 4.79 Å². The molecular weight excluding hydrogens is 504 g/mol. The molecule has 0 amide bonds. The van der Waals surface area contributed by atoms with Gasteiger partial charge in [0.05, 0.1) is 33.0 Å². The molecule has 3 aliphatic heterocycles. The predicted molar refractivity (Wildman–Crippen MR) is 142 cm³/mol.